The highest BCUT2D eigenvalue weighted by atomic mass is 35.5. The van der Waals surface area contributed by atoms with Crippen LogP contribution in [-0.4, -0.2) is 38.6 Å². The first-order valence-corrected chi connectivity index (χ1v) is 10.1. The van der Waals surface area contributed by atoms with E-state index in [1.165, 1.54) is 6.07 Å². The molecule has 4 nitrogen and oxygen atoms in total. The minimum Gasteiger partial charge on any atom is -0.393 e. The monoisotopic (exact) mass is 421 g/mol. The molecule has 28 heavy (non-hydrogen) atoms. The number of aromatic amines is 1. The summed E-state index contributed by atoms with van der Waals surface area (Å²) in [7, 11) is 0. The molecule has 0 spiro atoms. The predicted octanol–water partition coefficient (Wildman–Crippen LogP) is 5.14. The summed E-state index contributed by atoms with van der Waals surface area (Å²) in [6, 6.07) is 9.37. The molecule has 0 saturated carbocycles. The van der Waals surface area contributed by atoms with E-state index in [0.29, 0.717) is 22.1 Å². The molecule has 2 N–H and O–H groups in total. The number of rotatable bonds is 4. The van der Waals surface area contributed by atoms with Gasteiger partial charge in [-0.15, -0.1) is 0 Å². The first-order chi connectivity index (χ1) is 13.5. The van der Waals surface area contributed by atoms with Crippen LogP contribution < -0.4 is 0 Å². The maximum absolute atomic E-state index is 13.5. The van der Waals surface area contributed by atoms with Crippen LogP contribution in [0.3, 0.4) is 0 Å². The Hall–Kier alpha value is -1.93. The third-order valence-electron chi connectivity index (χ3n) is 4.66. The molecule has 0 atom stereocenters. The molecule has 0 aliphatic carbocycles. The molecular formula is C20H18ClF2N3OS. The fourth-order valence-electron chi connectivity index (χ4n) is 3.07. The number of imidazole rings is 1. The molecule has 146 valence electrons. The summed E-state index contributed by atoms with van der Waals surface area (Å²) >= 11 is 7.93. The Balaban J connectivity index is 1.56. The van der Waals surface area contributed by atoms with Gasteiger partial charge >= 0.3 is 0 Å². The second-order valence-electron chi connectivity index (χ2n) is 6.67. The van der Waals surface area contributed by atoms with Crippen LogP contribution in [0.1, 0.15) is 12.8 Å². The van der Waals surface area contributed by atoms with Crippen LogP contribution in [0.4, 0.5) is 8.78 Å². The molecule has 0 radical (unpaired) electrons. The molecule has 1 saturated heterocycles. The first-order valence-electron chi connectivity index (χ1n) is 8.91. The van der Waals surface area contributed by atoms with Crippen molar-refractivity contribution in [2.75, 3.05) is 13.1 Å². The molecule has 0 bridgehead atoms. The van der Waals surface area contributed by atoms with Gasteiger partial charge in [-0.1, -0.05) is 11.6 Å². The number of benzene rings is 2. The van der Waals surface area contributed by atoms with Crippen LogP contribution in [0.25, 0.3) is 22.6 Å². The van der Waals surface area contributed by atoms with Crippen LogP contribution in [0, 0.1) is 11.6 Å². The maximum atomic E-state index is 13.5. The summed E-state index contributed by atoms with van der Waals surface area (Å²) in [5, 5.41) is 10.3. The van der Waals surface area contributed by atoms with Gasteiger partial charge < -0.3 is 10.1 Å². The molecule has 0 unspecified atom stereocenters. The van der Waals surface area contributed by atoms with Crippen LogP contribution >= 0.6 is 23.5 Å². The summed E-state index contributed by atoms with van der Waals surface area (Å²) < 4.78 is 28.8. The molecule has 8 heteroatoms. The smallest absolute Gasteiger partial charge is 0.159 e. The standard InChI is InChI=1S/C20H18ClF2N3OS/c21-15-3-1-13(10-19(15)28-26-7-5-14(27)6-8-26)20-24-11-18(25-20)12-2-4-16(22)17(23)9-12/h1-4,9-11,14,27H,5-8H2,(H,24,25). The van der Waals surface area contributed by atoms with Crippen molar-refractivity contribution in [1.82, 2.24) is 14.3 Å². The molecule has 3 aromatic rings. The van der Waals surface area contributed by atoms with Crippen LogP contribution in [0.15, 0.2) is 47.5 Å². The lowest BCUT2D eigenvalue weighted by molar-refractivity contribution is 0.116. The Labute approximate surface area is 170 Å². The third kappa shape index (κ3) is 4.22. The Morgan fingerprint density at radius 2 is 1.82 bits per heavy atom. The number of nitrogens with one attached hydrogen (secondary N) is 1. The highest BCUT2D eigenvalue weighted by molar-refractivity contribution is 7.97. The van der Waals surface area contributed by atoms with Crippen molar-refractivity contribution >= 4 is 23.5 Å². The second-order valence-corrected chi connectivity index (χ2v) is 8.22. The number of halogens is 3. The highest BCUT2D eigenvalue weighted by Gasteiger charge is 2.19. The minimum absolute atomic E-state index is 0.225. The van der Waals surface area contributed by atoms with Crippen molar-refractivity contribution in [3.63, 3.8) is 0 Å². The van der Waals surface area contributed by atoms with E-state index in [2.05, 4.69) is 14.3 Å². The average molecular weight is 422 g/mol. The highest BCUT2D eigenvalue weighted by Crippen LogP contribution is 2.35. The van der Waals surface area contributed by atoms with Crippen LogP contribution in [0.2, 0.25) is 5.02 Å². The average Bonchev–Trinajstić information content (AvgIpc) is 3.18. The number of hydrogen-bond acceptors (Lipinski definition) is 4. The third-order valence-corrected chi connectivity index (χ3v) is 6.26. The van der Waals surface area contributed by atoms with Crippen LogP contribution in [0.5, 0.6) is 0 Å². The molecule has 1 aromatic heterocycles. The zero-order valence-corrected chi connectivity index (χ0v) is 16.4. The largest absolute Gasteiger partial charge is 0.393 e. The van der Waals surface area contributed by atoms with Crippen molar-refractivity contribution in [2.24, 2.45) is 0 Å². The summed E-state index contributed by atoms with van der Waals surface area (Å²) in [6.45, 7) is 1.60. The minimum atomic E-state index is -0.898. The normalized spacial score (nSPS) is 15.9. The fraction of sp³-hybridized carbons (Fsp3) is 0.250. The van der Waals surface area contributed by atoms with Gasteiger partial charge in [-0.05, 0) is 61.2 Å². The van der Waals surface area contributed by atoms with E-state index in [4.69, 9.17) is 11.6 Å². The molecule has 2 aromatic carbocycles. The number of aliphatic hydroxyl groups excluding tert-OH is 1. The Bertz CT molecular complexity index is 989. The zero-order valence-electron chi connectivity index (χ0n) is 14.8. The lowest BCUT2D eigenvalue weighted by Crippen LogP contribution is -2.31. The Morgan fingerprint density at radius 3 is 2.57 bits per heavy atom. The van der Waals surface area contributed by atoms with Crippen molar-refractivity contribution in [3.8, 4) is 22.6 Å². The number of aromatic nitrogens is 2. The number of hydrogen-bond donors (Lipinski definition) is 2. The van der Waals surface area contributed by atoms with Crippen molar-refractivity contribution in [1.29, 1.82) is 0 Å². The zero-order chi connectivity index (χ0) is 19.7. The SMILES string of the molecule is OC1CCN(Sc2cc(-c3ncc(-c4ccc(F)c(F)c4)[nH]3)ccc2Cl)CC1. The van der Waals surface area contributed by atoms with Gasteiger partial charge in [-0.3, -0.25) is 0 Å². The number of piperidine rings is 1. The van der Waals surface area contributed by atoms with E-state index < -0.39 is 11.6 Å². The molecule has 0 amide bonds. The Kier molecular flexibility index (Phi) is 5.68. The first kappa shape index (κ1) is 19.4. The van der Waals surface area contributed by atoms with Crippen molar-refractivity contribution in [2.45, 2.75) is 23.8 Å². The fourth-order valence-corrected chi connectivity index (χ4v) is 4.30. The van der Waals surface area contributed by atoms with Gasteiger partial charge in [-0.2, -0.15) is 0 Å². The van der Waals surface area contributed by atoms with E-state index in [0.717, 1.165) is 48.5 Å². The quantitative estimate of drug-likeness (QED) is 0.573. The lowest BCUT2D eigenvalue weighted by Gasteiger charge is -2.28. The summed E-state index contributed by atoms with van der Waals surface area (Å²) in [5.74, 6) is -1.16. The lowest BCUT2D eigenvalue weighted by atomic mass is 10.1. The van der Waals surface area contributed by atoms with Gasteiger partial charge in [0.2, 0.25) is 0 Å². The summed E-state index contributed by atoms with van der Waals surface area (Å²) in [5.41, 5.74) is 1.97. The van der Waals surface area contributed by atoms with Crippen LogP contribution in [-0.2, 0) is 0 Å². The predicted molar refractivity (Wildman–Crippen MR) is 107 cm³/mol. The maximum Gasteiger partial charge on any atom is 0.159 e. The Morgan fingerprint density at radius 1 is 1.07 bits per heavy atom. The number of aliphatic hydroxyl groups is 1. The van der Waals surface area contributed by atoms with E-state index in [1.54, 1.807) is 18.1 Å². The van der Waals surface area contributed by atoms with E-state index >= 15 is 0 Å². The summed E-state index contributed by atoms with van der Waals surface area (Å²) in [6.07, 6.45) is 2.87. The van der Waals surface area contributed by atoms with Gasteiger partial charge in [0.25, 0.3) is 0 Å². The summed E-state index contributed by atoms with van der Waals surface area (Å²) in [4.78, 5) is 8.43. The molecule has 2 heterocycles. The van der Waals surface area contributed by atoms with Gasteiger partial charge in [0.15, 0.2) is 11.6 Å². The molecule has 1 fully saturated rings. The topological polar surface area (TPSA) is 52.1 Å². The molecule has 1 aliphatic heterocycles. The molecule has 4 rings (SSSR count). The number of H-pyrrole nitrogens is 1. The number of nitrogens with zero attached hydrogens (tertiary/aromatic N) is 2. The van der Waals surface area contributed by atoms with E-state index in [-0.39, 0.29) is 6.10 Å². The molecule has 1 aliphatic rings. The second kappa shape index (κ2) is 8.21. The van der Waals surface area contributed by atoms with Gasteiger partial charge in [0.05, 0.1) is 23.0 Å². The van der Waals surface area contributed by atoms with Crippen molar-refractivity contribution in [3.05, 3.63) is 59.3 Å². The van der Waals surface area contributed by atoms with Crippen molar-refractivity contribution < 1.29 is 13.9 Å². The van der Waals surface area contributed by atoms with E-state index in [1.807, 2.05) is 18.2 Å². The van der Waals surface area contributed by atoms with Gasteiger partial charge in [0.1, 0.15) is 5.82 Å². The molecular weight excluding hydrogens is 404 g/mol. The van der Waals surface area contributed by atoms with E-state index in [9.17, 15) is 13.9 Å². The van der Waals surface area contributed by atoms with Gasteiger partial charge in [0, 0.05) is 29.1 Å². The van der Waals surface area contributed by atoms with Gasteiger partial charge in [-0.25, -0.2) is 18.1 Å².